The summed E-state index contributed by atoms with van der Waals surface area (Å²) < 4.78 is 0. The first-order valence-corrected chi connectivity index (χ1v) is 28.6. The van der Waals surface area contributed by atoms with E-state index in [0.29, 0.717) is 22.3 Å². The van der Waals surface area contributed by atoms with Crippen LogP contribution in [0, 0.1) is 253 Å². The quantitative estimate of drug-likeness (QED) is 0.0919. The second kappa shape index (κ2) is 21.5. The molecule has 0 N–H and O–H groups in total. The molecule has 0 aliphatic heterocycles. The van der Waals surface area contributed by atoms with Gasteiger partial charge in [0.1, 0.15) is 0 Å². The van der Waals surface area contributed by atoms with Gasteiger partial charge in [-0.3, -0.25) is 0 Å². The van der Waals surface area contributed by atoms with Crippen LogP contribution in [0.5, 0.6) is 0 Å². The van der Waals surface area contributed by atoms with Gasteiger partial charge >= 0.3 is 0 Å². The Hall–Kier alpha value is -9.42. The molecule has 0 fully saturated rings. The third-order valence-corrected chi connectivity index (χ3v) is 20.0. The van der Waals surface area contributed by atoms with E-state index in [1.165, 1.54) is 149 Å². The molecule has 0 aromatic heterocycles. The van der Waals surface area contributed by atoms with E-state index in [1.807, 2.05) is 6.92 Å². The van der Waals surface area contributed by atoms with E-state index in [4.69, 9.17) is 19.3 Å². The summed E-state index contributed by atoms with van der Waals surface area (Å²) in [7, 11) is 0. The molecule has 9 rings (SSSR count). The van der Waals surface area contributed by atoms with Crippen molar-refractivity contribution in [1.82, 2.24) is 0 Å². The smallest absolute Gasteiger partial charge is 0.0568 e. The van der Waals surface area contributed by atoms with Crippen LogP contribution in [0.2, 0.25) is 0 Å². The fourth-order valence-corrected chi connectivity index (χ4v) is 14.4. The molecule has 0 unspecified atom stereocenters. The van der Waals surface area contributed by atoms with Crippen LogP contribution in [0.4, 0.5) is 0 Å². The van der Waals surface area contributed by atoms with Crippen molar-refractivity contribution >= 4 is 64.6 Å². The van der Waals surface area contributed by atoms with E-state index in [-0.39, 0.29) is 0 Å². The molecule has 0 saturated carbocycles. The Balaban J connectivity index is 1.77. The van der Waals surface area contributed by atoms with Gasteiger partial charge in [0.2, 0.25) is 0 Å². The Bertz CT molecular complexity index is 5100. The average Bonchev–Trinajstić information content (AvgIpc) is 2.94. The van der Waals surface area contributed by atoms with Gasteiger partial charge in [0, 0.05) is 21.9 Å². The van der Waals surface area contributed by atoms with Gasteiger partial charge in [-0.15, -0.1) is 25.2 Å². The van der Waals surface area contributed by atoms with Gasteiger partial charge in [-0.05, 0) is 394 Å². The zero-order valence-corrected chi connectivity index (χ0v) is 53.2. The average molecular weight is 1070 g/mol. The normalized spacial score (nSPS) is 10.7. The van der Waals surface area contributed by atoms with E-state index in [1.54, 1.807) is 6.92 Å². The molecule has 0 bridgehead atoms. The van der Waals surface area contributed by atoms with Crippen LogP contribution >= 0.6 is 0 Å². The minimum Gasteiger partial charge on any atom is -0.115 e. The van der Waals surface area contributed by atoms with E-state index in [0.717, 1.165) is 60.5 Å². The molecular weight excluding hydrogens is 997 g/mol. The lowest BCUT2D eigenvalue weighted by molar-refractivity contribution is 1.23. The minimum atomic E-state index is 0.651. The van der Waals surface area contributed by atoms with Gasteiger partial charge in [-0.2, -0.15) is 0 Å². The second-order valence-electron chi connectivity index (χ2n) is 23.2. The number of aryl methyl sites for hydroxylation is 13. The van der Waals surface area contributed by atoms with Gasteiger partial charge in [-0.25, -0.2) is 0 Å². The zero-order valence-electron chi connectivity index (χ0n) is 53.2. The van der Waals surface area contributed by atoms with Crippen LogP contribution in [0.3, 0.4) is 0 Å². The third-order valence-electron chi connectivity index (χ3n) is 20.0. The molecule has 404 valence electrons. The summed E-state index contributed by atoms with van der Waals surface area (Å²) in [4.78, 5) is 0. The number of hydrogen-bond acceptors (Lipinski definition) is 0. The third kappa shape index (κ3) is 8.15. The van der Waals surface area contributed by atoms with E-state index < -0.39 is 0 Å². The second-order valence-corrected chi connectivity index (χ2v) is 23.2. The molecule has 83 heavy (non-hydrogen) atoms. The van der Waals surface area contributed by atoms with Crippen molar-refractivity contribution in [3.05, 3.63) is 145 Å². The molecule has 0 aliphatic carbocycles. The molecule has 0 radical (unpaired) electrons. The topological polar surface area (TPSA) is 0 Å². The van der Waals surface area contributed by atoms with Crippen molar-refractivity contribution in [3.8, 4) is 130 Å². The highest BCUT2D eigenvalue weighted by Gasteiger charge is 2.34. The Labute approximate surface area is 496 Å². The molecule has 0 heterocycles. The lowest BCUT2D eigenvalue weighted by Crippen LogP contribution is -2.09. The summed E-state index contributed by atoms with van der Waals surface area (Å²) >= 11 is 0. The molecule has 0 aliphatic rings. The summed E-state index contributed by atoms with van der Waals surface area (Å²) in [5, 5.41) is 14.0. The van der Waals surface area contributed by atoms with Crippen molar-refractivity contribution in [3.63, 3.8) is 0 Å². The lowest BCUT2D eigenvalue weighted by Gasteiger charge is -2.31. The van der Waals surface area contributed by atoms with Crippen LogP contribution in [-0.2, 0) is 0 Å². The number of terminal acetylenes is 3. The van der Waals surface area contributed by atoms with Crippen LogP contribution in [-0.4, -0.2) is 0 Å². The van der Waals surface area contributed by atoms with E-state index in [9.17, 15) is 0 Å². The number of hydrogen-bond donors (Lipinski definition) is 0. The molecule has 9 aromatic carbocycles. The molecule has 9 aromatic rings. The maximum absolute atomic E-state index is 6.44. The predicted octanol–water partition coefficient (Wildman–Crippen LogP) is 19.1. The van der Waals surface area contributed by atoms with Crippen LogP contribution < -0.4 is 0 Å². The van der Waals surface area contributed by atoms with Crippen LogP contribution in [0.25, 0.3) is 86.9 Å². The Morgan fingerprint density at radius 3 is 0.928 bits per heavy atom. The van der Waals surface area contributed by atoms with E-state index >= 15 is 0 Å². The van der Waals surface area contributed by atoms with Crippen molar-refractivity contribution in [2.45, 2.75) is 159 Å². The van der Waals surface area contributed by atoms with Crippen molar-refractivity contribution in [2.75, 3.05) is 0 Å². The van der Waals surface area contributed by atoms with Crippen LogP contribution in [0.1, 0.15) is 158 Å². The summed E-state index contributed by atoms with van der Waals surface area (Å²) in [5.41, 5.74) is 34.2. The van der Waals surface area contributed by atoms with Gasteiger partial charge in [0.15, 0.2) is 0 Å². The highest BCUT2D eigenvalue weighted by atomic mass is 14.4. The van der Waals surface area contributed by atoms with Crippen molar-refractivity contribution < 1.29 is 0 Å². The molecule has 0 nitrogen and oxygen atoms in total. The fraction of sp³-hybridized carbons (Fsp3) is 0.277. The summed E-state index contributed by atoms with van der Waals surface area (Å²) in [6.07, 6.45) is 18.2. The highest BCUT2D eigenvalue weighted by Crippen LogP contribution is 2.57. The Morgan fingerprint density at radius 2 is 0.506 bits per heavy atom. The van der Waals surface area contributed by atoms with Crippen LogP contribution in [0.15, 0.2) is 0 Å². The Morgan fingerprint density at radius 1 is 0.193 bits per heavy atom. The standard InChI is InChI=1S/C83H72/c1-27-32-35-37-41-66-67(40-36-33-28-2)81-70(59(23)58(22)68-60(24)63(31-5)64(38-30-4)65(80(68)81)39-34-29-3)61(25)71(66)82-75-54(18)46(10)48(12)56(20)77(75)83(78-57(21)49(13)47(11)55(19)76(78)82)79-62(26)69-50(14)42(6)43(7)51(15)72(69)73-52(16)44(8)45(9)53(17)74(73)79/h1,3,5H,2,4,6-26H3. The molecular formula is C83H72. The largest absolute Gasteiger partial charge is 0.115 e. The first-order chi connectivity index (χ1) is 39.4. The monoisotopic (exact) mass is 1070 g/mol. The Kier molecular flexibility index (Phi) is 15.1. The van der Waals surface area contributed by atoms with Gasteiger partial charge < -0.3 is 0 Å². The van der Waals surface area contributed by atoms with E-state index in [2.05, 4.69) is 234 Å². The number of fused-ring (bicyclic) bond motifs is 8. The summed E-state index contributed by atoms with van der Waals surface area (Å²) in [6.45, 7) is 52.0. The molecule has 0 spiro atoms. The highest BCUT2D eigenvalue weighted by molar-refractivity contribution is 6.32. The first kappa shape index (κ1) is 58.2. The van der Waals surface area contributed by atoms with Gasteiger partial charge in [-0.1, -0.05) is 35.5 Å². The maximum atomic E-state index is 6.44. The zero-order chi connectivity index (χ0) is 60.9. The molecule has 0 amide bonds. The lowest BCUT2D eigenvalue weighted by atomic mass is 9.71. The minimum absolute atomic E-state index is 0.651. The van der Waals surface area contributed by atoms with Crippen molar-refractivity contribution in [1.29, 1.82) is 0 Å². The summed E-state index contributed by atoms with van der Waals surface area (Å²) in [6, 6.07) is 0. The molecule has 0 saturated heterocycles. The fourth-order valence-electron chi connectivity index (χ4n) is 14.4. The summed E-state index contributed by atoms with van der Waals surface area (Å²) in [5.74, 6) is 47.0. The first-order valence-electron chi connectivity index (χ1n) is 28.6. The number of benzene rings is 9. The molecule has 0 atom stereocenters. The molecule has 0 heteroatoms. The van der Waals surface area contributed by atoms with Gasteiger partial charge in [0.05, 0.1) is 22.3 Å². The van der Waals surface area contributed by atoms with Crippen molar-refractivity contribution in [2.24, 2.45) is 0 Å². The SMILES string of the molecule is C#CC#CC#Cc1c(-c2c3c(C)c(C)c(C)c(C)c3c(-c3c(C)c4c(C)c(C)c(C)c(C)c4c4c(C)c(C)c(C)c(C)c34)c3c(C)c(C)c(C)c(C)c23)c(C)c2c(C)c(C)c3c(C)c(C#C)c(C#CC)c(C#CC#C)c3c2c1C#CC#CC. The predicted molar refractivity (Wildman–Crippen MR) is 362 cm³/mol. The maximum Gasteiger partial charge on any atom is 0.0568 e. The number of rotatable bonds is 2. The van der Waals surface area contributed by atoms with Gasteiger partial charge in [0.25, 0.3) is 0 Å².